The quantitative estimate of drug-likeness (QED) is 0.912. The number of hydrogen-bond donors (Lipinski definition) is 1. The molecule has 0 aromatic carbocycles. The van der Waals surface area contributed by atoms with Crippen LogP contribution in [0.15, 0.2) is 12.1 Å². The van der Waals surface area contributed by atoms with Crippen molar-refractivity contribution in [2.75, 3.05) is 6.54 Å². The van der Waals surface area contributed by atoms with Crippen molar-refractivity contribution in [2.24, 2.45) is 5.73 Å². The summed E-state index contributed by atoms with van der Waals surface area (Å²) >= 11 is 1.67. The molecular weight excluding hydrogens is 258 g/mol. The second kappa shape index (κ2) is 6.12. The Labute approximate surface area is 117 Å². The highest BCUT2D eigenvalue weighted by Crippen LogP contribution is 2.21. The number of hydrogen-bond acceptors (Lipinski definition) is 5. The van der Waals surface area contributed by atoms with Gasteiger partial charge in [-0.3, -0.25) is 4.98 Å². The van der Waals surface area contributed by atoms with E-state index in [-0.39, 0.29) is 0 Å². The minimum atomic E-state index is 0.488. The van der Waals surface area contributed by atoms with Crippen LogP contribution in [0.5, 0.6) is 5.75 Å². The molecule has 0 bridgehead atoms. The Kier molecular flexibility index (Phi) is 4.50. The lowest BCUT2D eigenvalue weighted by Gasteiger charge is -2.09. The molecule has 4 nitrogen and oxygen atoms in total. The fourth-order valence-electron chi connectivity index (χ4n) is 1.79. The predicted molar refractivity (Wildman–Crippen MR) is 77.7 cm³/mol. The maximum atomic E-state index is 5.83. The van der Waals surface area contributed by atoms with Gasteiger partial charge in [0.1, 0.15) is 17.4 Å². The van der Waals surface area contributed by atoms with E-state index in [9.17, 15) is 0 Å². The molecule has 0 fully saturated rings. The molecule has 0 radical (unpaired) electrons. The van der Waals surface area contributed by atoms with Crippen molar-refractivity contribution < 1.29 is 4.74 Å². The monoisotopic (exact) mass is 277 g/mol. The SMILES string of the molecule is Cc1ccc(OCc2nc(C)c(C)s2)c(CCN)n1. The molecule has 2 aromatic heterocycles. The zero-order valence-corrected chi connectivity index (χ0v) is 12.4. The normalized spacial score (nSPS) is 10.7. The zero-order chi connectivity index (χ0) is 13.8. The van der Waals surface area contributed by atoms with Crippen LogP contribution >= 0.6 is 11.3 Å². The average Bonchev–Trinajstić information content (AvgIpc) is 2.68. The first-order chi connectivity index (χ1) is 9.10. The number of ether oxygens (including phenoxy) is 1. The summed E-state index contributed by atoms with van der Waals surface area (Å²) in [7, 11) is 0. The molecule has 19 heavy (non-hydrogen) atoms. The Morgan fingerprint density at radius 3 is 2.63 bits per heavy atom. The summed E-state index contributed by atoms with van der Waals surface area (Å²) in [5, 5.41) is 0.995. The molecule has 0 saturated carbocycles. The number of thiazole rings is 1. The lowest BCUT2D eigenvalue weighted by Crippen LogP contribution is -2.08. The molecule has 102 valence electrons. The van der Waals surface area contributed by atoms with E-state index in [0.717, 1.165) is 34.3 Å². The van der Waals surface area contributed by atoms with E-state index in [1.807, 2.05) is 26.0 Å². The Hall–Kier alpha value is -1.46. The Balaban J connectivity index is 2.10. The molecule has 0 aliphatic heterocycles. The van der Waals surface area contributed by atoms with Gasteiger partial charge in [0.05, 0.1) is 11.4 Å². The number of pyridine rings is 1. The maximum Gasteiger partial charge on any atom is 0.141 e. The minimum absolute atomic E-state index is 0.488. The van der Waals surface area contributed by atoms with Crippen LogP contribution in [0.1, 0.15) is 27.0 Å². The lowest BCUT2D eigenvalue weighted by molar-refractivity contribution is 0.300. The molecule has 5 heteroatoms. The molecule has 2 aromatic rings. The van der Waals surface area contributed by atoms with Crippen LogP contribution in [-0.4, -0.2) is 16.5 Å². The molecule has 0 unspecified atom stereocenters. The second-order valence-corrected chi connectivity index (χ2v) is 5.76. The van der Waals surface area contributed by atoms with Crippen molar-refractivity contribution >= 4 is 11.3 Å². The largest absolute Gasteiger partial charge is 0.485 e. The Bertz CT molecular complexity index is 546. The summed E-state index contributed by atoms with van der Waals surface area (Å²) in [5.41, 5.74) is 8.59. The van der Waals surface area contributed by atoms with E-state index in [0.29, 0.717) is 13.2 Å². The van der Waals surface area contributed by atoms with Crippen molar-refractivity contribution in [3.63, 3.8) is 0 Å². The number of aromatic nitrogens is 2. The first kappa shape index (κ1) is 14.0. The second-order valence-electron chi connectivity index (χ2n) is 4.47. The van der Waals surface area contributed by atoms with E-state index >= 15 is 0 Å². The van der Waals surface area contributed by atoms with Crippen LogP contribution in [-0.2, 0) is 13.0 Å². The molecule has 2 N–H and O–H groups in total. The molecule has 0 amide bonds. The van der Waals surface area contributed by atoms with Crippen LogP contribution < -0.4 is 10.5 Å². The minimum Gasteiger partial charge on any atom is -0.485 e. The van der Waals surface area contributed by atoms with E-state index in [1.165, 1.54) is 4.88 Å². The van der Waals surface area contributed by atoms with Gasteiger partial charge in [-0.05, 0) is 39.4 Å². The van der Waals surface area contributed by atoms with Gasteiger partial charge in [0.25, 0.3) is 0 Å². The maximum absolute atomic E-state index is 5.83. The number of rotatable bonds is 5. The van der Waals surface area contributed by atoms with Crippen LogP contribution in [0.25, 0.3) is 0 Å². The predicted octanol–water partition coefficient (Wildman–Crippen LogP) is 2.54. The molecule has 2 rings (SSSR count). The van der Waals surface area contributed by atoms with E-state index in [4.69, 9.17) is 10.5 Å². The highest BCUT2D eigenvalue weighted by atomic mass is 32.1. The highest BCUT2D eigenvalue weighted by Gasteiger charge is 2.08. The van der Waals surface area contributed by atoms with Crippen molar-refractivity contribution in [2.45, 2.75) is 33.8 Å². The average molecular weight is 277 g/mol. The van der Waals surface area contributed by atoms with Gasteiger partial charge in [-0.2, -0.15) is 0 Å². The third kappa shape index (κ3) is 3.52. The Morgan fingerprint density at radius 2 is 2.00 bits per heavy atom. The molecular formula is C14H19N3OS. The van der Waals surface area contributed by atoms with Gasteiger partial charge < -0.3 is 10.5 Å². The van der Waals surface area contributed by atoms with E-state index in [1.54, 1.807) is 11.3 Å². The fraction of sp³-hybridized carbons (Fsp3) is 0.429. The summed E-state index contributed by atoms with van der Waals surface area (Å²) in [6, 6.07) is 3.91. The smallest absolute Gasteiger partial charge is 0.141 e. The molecule has 0 saturated heterocycles. The first-order valence-electron chi connectivity index (χ1n) is 6.32. The van der Waals surface area contributed by atoms with Crippen LogP contribution in [0.2, 0.25) is 0 Å². The van der Waals surface area contributed by atoms with Gasteiger partial charge in [-0.1, -0.05) is 0 Å². The summed E-state index contributed by atoms with van der Waals surface area (Å²) in [4.78, 5) is 10.2. The van der Waals surface area contributed by atoms with Crippen molar-refractivity contribution in [1.82, 2.24) is 9.97 Å². The van der Waals surface area contributed by atoms with Gasteiger partial charge in [-0.15, -0.1) is 11.3 Å². The number of aryl methyl sites for hydroxylation is 3. The van der Waals surface area contributed by atoms with Gasteiger partial charge in [0, 0.05) is 17.0 Å². The lowest BCUT2D eigenvalue weighted by atomic mass is 10.2. The summed E-state index contributed by atoms with van der Waals surface area (Å²) in [5.74, 6) is 0.807. The van der Waals surface area contributed by atoms with Crippen LogP contribution in [0.3, 0.4) is 0 Å². The van der Waals surface area contributed by atoms with E-state index in [2.05, 4.69) is 16.9 Å². The van der Waals surface area contributed by atoms with Gasteiger partial charge >= 0.3 is 0 Å². The van der Waals surface area contributed by atoms with Gasteiger partial charge in [0.15, 0.2) is 0 Å². The van der Waals surface area contributed by atoms with Crippen LogP contribution in [0, 0.1) is 20.8 Å². The van der Waals surface area contributed by atoms with E-state index < -0.39 is 0 Å². The van der Waals surface area contributed by atoms with Gasteiger partial charge in [-0.25, -0.2) is 4.98 Å². The van der Waals surface area contributed by atoms with Crippen molar-refractivity contribution in [3.05, 3.63) is 39.1 Å². The van der Waals surface area contributed by atoms with Crippen molar-refractivity contribution in [3.8, 4) is 5.75 Å². The number of nitrogens with zero attached hydrogens (tertiary/aromatic N) is 2. The van der Waals surface area contributed by atoms with Gasteiger partial charge in [0.2, 0.25) is 0 Å². The fourth-order valence-corrected chi connectivity index (χ4v) is 2.63. The zero-order valence-electron chi connectivity index (χ0n) is 11.6. The Morgan fingerprint density at radius 1 is 1.21 bits per heavy atom. The molecule has 0 aliphatic rings. The highest BCUT2D eigenvalue weighted by molar-refractivity contribution is 7.11. The topological polar surface area (TPSA) is 61.0 Å². The summed E-state index contributed by atoms with van der Waals surface area (Å²) in [6.45, 7) is 7.12. The third-order valence-corrected chi connectivity index (χ3v) is 3.92. The molecule has 0 aliphatic carbocycles. The summed E-state index contributed by atoms with van der Waals surface area (Å²) < 4.78 is 5.83. The standard InChI is InChI=1S/C14H19N3OS/c1-9-4-5-13(12(16-9)6-7-15)18-8-14-17-10(2)11(3)19-14/h4-5H,6-8,15H2,1-3H3. The summed E-state index contributed by atoms with van der Waals surface area (Å²) in [6.07, 6.45) is 0.729. The van der Waals surface area contributed by atoms with Crippen molar-refractivity contribution in [1.29, 1.82) is 0 Å². The first-order valence-corrected chi connectivity index (χ1v) is 7.14. The third-order valence-electron chi connectivity index (χ3n) is 2.88. The van der Waals surface area contributed by atoms with Crippen LogP contribution in [0.4, 0.5) is 0 Å². The molecule has 2 heterocycles. The molecule has 0 atom stereocenters. The molecule has 0 spiro atoms. The number of nitrogens with two attached hydrogens (primary N) is 1.